The van der Waals surface area contributed by atoms with Crippen molar-refractivity contribution in [3.63, 3.8) is 0 Å². The first-order valence-corrected chi connectivity index (χ1v) is 11.5. The highest BCUT2D eigenvalue weighted by atomic mass is 79.9. The average molecular weight is 506 g/mol. The van der Waals surface area contributed by atoms with Gasteiger partial charge in [-0.25, -0.2) is 14.6 Å². The summed E-state index contributed by atoms with van der Waals surface area (Å²) < 4.78 is 16.9. The van der Waals surface area contributed by atoms with E-state index in [4.69, 9.17) is 14.2 Å². The van der Waals surface area contributed by atoms with Crippen LogP contribution in [0.2, 0.25) is 0 Å². The molecule has 8 heteroatoms. The van der Waals surface area contributed by atoms with E-state index in [1.165, 1.54) is 6.07 Å². The lowest BCUT2D eigenvalue weighted by Gasteiger charge is -2.15. The molecule has 0 aliphatic heterocycles. The highest BCUT2D eigenvalue weighted by molar-refractivity contribution is 9.10. The lowest BCUT2D eigenvalue weighted by molar-refractivity contribution is 0.0493. The Labute approximate surface area is 196 Å². The van der Waals surface area contributed by atoms with E-state index in [9.17, 15) is 14.4 Å². The summed E-state index contributed by atoms with van der Waals surface area (Å²) in [4.78, 5) is 42.9. The SMILES string of the molecule is CCCCOC(=O)c1cc(C(=O)OCC)c(C(=O)c2ccc(Br)cc2)nc1OCCCC. The van der Waals surface area contributed by atoms with Crippen LogP contribution in [0, 0.1) is 0 Å². The molecule has 172 valence electrons. The molecule has 0 bridgehead atoms. The second kappa shape index (κ2) is 13.0. The smallest absolute Gasteiger partial charge is 0.343 e. The van der Waals surface area contributed by atoms with Gasteiger partial charge in [-0.2, -0.15) is 0 Å². The maximum absolute atomic E-state index is 13.2. The van der Waals surface area contributed by atoms with E-state index in [0.717, 1.165) is 23.7 Å². The quantitative estimate of drug-likeness (QED) is 0.217. The van der Waals surface area contributed by atoms with Gasteiger partial charge in [0.15, 0.2) is 0 Å². The van der Waals surface area contributed by atoms with Crippen LogP contribution in [0.15, 0.2) is 34.8 Å². The number of pyridine rings is 1. The highest BCUT2D eigenvalue weighted by Crippen LogP contribution is 2.25. The van der Waals surface area contributed by atoms with E-state index < -0.39 is 17.7 Å². The molecule has 0 saturated carbocycles. The average Bonchev–Trinajstić information content (AvgIpc) is 2.79. The lowest BCUT2D eigenvalue weighted by atomic mass is 10.0. The molecule has 0 spiro atoms. The molecule has 0 N–H and O–H groups in total. The topological polar surface area (TPSA) is 91.8 Å². The fourth-order valence-electron chi connectivity index (χ4n) is 2.73. The van der Waals surface area contributed by atoms with Crippen LogP contribution in [0.25, 0.3) is 0 Å². The van der Waals surface area contributed by atoms with Crippen molar-refractivity contribution in [2.75, 3.05) is 19.8 Å². The molecule has 0 saturated heterocycles. The minimum atomic E-state index is -0.747. The number of hydrogen-bond donors (Lipinski definition) is 0. The van der Waals surface area contributed by atoms with Crippen molar-refractivity contribution in [3.05, 3.63) is 57.2 Å². The molecule has 32 heavy (non-hydrogen) atoms. The lowest BCUT2D eigenvalue weighted by Crippen LogP contribution is -2.19. The zero-order chi connectivity index (χ0) is 23.5. The molecule has 0 fully saturated rings. The van der Waals surface area contributed by atoms with Crippen molar-refractivity contribution >= 4 is 33.7 Å². The van der Waals surface area contributed by atoms with Crippen molar-refractivity contribution in [1.29, 1.82) is 0 Å². The van der Waals surface area contributed by atoms with E-state index in [1.54, 1.807) is 31.2 Å². The van der Waals surface area contributed by atoms with Crippen LogP contribution in [0.5, 0.6) is 5.88 Å². The van der Waals surface area contributed by atoms with E-state index >= 15 is 0 Å². The molecule has 1 aromatic heterocycles. The Kier molecular flexibility index (Phi) is 10.3. The molecule has 0 aliphatic rings. The van der Waals surface area contributed by atoms with E-state index in [-0.39, 0.29) is 35.9 Å². The van der Waals surface area contributed by atoms with Crippen molar-refractivity contribution in [2.45, 2.75) is 46.5 Å². The fraction of sp³-hybridized carbons (Fsp3) is 0.417. The number of rotatable bonds is 12. The van der Waals surface area contributed by atoms with Crippen molar-refractivity contribution < 1.29 is 28.6 Å². The predicted octanol–water partition coefficient (Wildman–Crippen LogP) is 5.39. The number of halogens is 1. The standard InChI is InChI=1S/C24H28BrNO6/c1-4-7-13-31-22-19(24(29)32-14-8-5-2)15-18(23(28)30-6-3)20(26-22)21(27)16-9-11-17(25)12-10-16/h9-12,15H,4-8,13-14H2,1-3H3. The van der Waals surface area contributed by atoms with E-state index in [1.807, 2.05) is 13.8 Å². The molecule has 1 heterocycles. The van der Waals surface area contributed by atoms with Crippen LogP contribution < -0.4 is 4.74 Å². The van der Waals surface area contributed by atoms with Gasteiger partial charge in [0.1, 0.15) is 11.3 Å². The third-order valence-corrected chi connectivity index (χ3v) is 5.02. The molecule has 0 amide bonds. The number of carbonyl (C=O) groups is 3. The normalized spacial score (nSPS) is 10.5. The van der Waals surface area contributed by atoms with Crippen LogP contribution in [0.4, 0.5) is 0 Å². The van der Waals surface area contributed by atoms with Gasteiger partial charge in [0.05, 0.1) is 25.4 Å². The summed E-state index contributed by atoms with van der Waals surface area (Å²) in [6.07, 6.45) is 3.18. The maximum Gasteiger partial charge on any atom is 0.343 e. The summed E-state index contributed by atoms with van der Waals surface area (Å²) in [6.45, 7) is 6.29. The number of unbranched alkanes of at least 4 members (excludes halogenated alkanes) is 2. The van der Waals surface area contributed by atoms with Crippen LogP contribution >= 0.6 is 15.9 Å². The largest absolute Gasteiger partial charge is 0.477 e. The van der Waals surface area contributed by atoms with Crippen LogP contribution in [-0.2, 0) is 9.47 Å². The zero-order valence-electron chi connectivity index (χ0n) is 18.6. The molecule has 7 nitrogen and oxygen atoms in total. The molecular weight excluding hydrogens is 478 g/mol. The minimum absolute atomic E-state index is 0.00684. The first kappa shape index (κ1) is 25.5. The van der Waals surface area contributed by atoms with Gasteiger partial charge in [0.25, 0.3) is 0 Å². The van der Waals surface area contributed by atoms with E-state index in [2.05, 4.69) is 20.9 Å². The molecule has 0 aliphatic carbocycles. The van der Waals surface area contributed by atoms with Crippen LogP contribution in [0.3, 0.4) is 0 Å². The zero-order valence-corrected chi connectivity index (χ0v) is 20.2. The summed E-state index contributed by atoms with van der Waals surface area (Å²) in [6, 6.07) is 7.96. The Hall–Kier alpha value is -2.74. The van der Waals surface area contributed by atoms with Crippen LogP contribution in [-0.4, -0.2) is 42.5 Å². The number of hydrogen-bond acceptors (Lipinski definition) is 7. The Balaban J connectivity index is 2.57. The number of esters is 2. The minimum Gasteiger partial charge on any atom is -0.477 e. The van der Waals surface area contributed by atoms with E-state index in [0.29, 0.717) is 18.6 Å². The summed E-state index contributed by atoms with van der Waals surface area (Å²) in [5.74, 6) is -1.92. The summed E-state index contributed by atoms with van der Waals surface area (Å²) >= 11 is 3.33. The molecule has 1 aromatic carbocycles. The van der Waals surface area contributed by atoms with Gasteiger partial charge < -0.3 is 14.2 Å². The molecule has 0 unspecified atom stereocenters. The van der Waals surface area contributed by atoms with Crippen molar-refractivity contribution in [1.82, 2.24) is 4.98 Å². The van der Waals surface area contributed by atoms with Gasteiger partial charge in [-0.3, -0.25) is 4.79 Å². The molecule has 0 atom stereocenters. The number of aromatic nitrogens is 1. The van der Waals surface area contributed by atoms with Gasteiger partial charge in [-0.05, 0) is 50.1 Å². The summed E-state index contributed by atoms with van der Waals surface area (Å²) in [5, 5.41) is 0. The highest BCUT2D eigenvalue weighted by Gasteiger charge is 2.27. The molecule has 2 aromatic rings. The third-order valence-electron chi connectivity index (χ3n) is 4.49. The number of benzene rings is 1. The fourth-order valence-corrected chi connectivity index (χ4v) is 2.99. The predicted molar refractivity (Wildman–Crippen MR) is 123 cm³/mol. The maximum atomic E-state index is 13.2. The first-order chi connectivity index (χ1) is 15.4. The Morgan fingerprint density at radius 1 is 0.875 bits per heavy atom. The van der Waals surface area contributed by atoms with Gasteiger partial charge in [0.2, 0.25) is 11.7 Å². The summed E-state index contributed by atoms with van der Waals surface area (Å²) in [5.41, 5.74) is 0.0871. The Bertz CT molecular complexity index is 942. The number of ether oxygens (including phenoxy) is 3. The van der Waals surface area contributed by atoms with Gasteiger partial charge in [-0.1, -0.05) is 42.6 Å². The number of carbonyl (C=O) groups excluding carboxylic acids is 3. The Morgan fingerprint density at radius 2 is 1.50 bits per heavy atom. The summed E-state index contributed by atoms with van der Waals surface area (Å²) in [7, 11) is 0. The van der Waals surface area contributed by atoms with Gasteiger partial charge in [0, 0.05) is 10.0 Å². The second-order valence-corrected chi connectivity index (χ2v) is 7.90. The van der Waals surface area contributed by atoms with Crippen molar-refractivity contribution in [2.24, 2.45) is 0 Å². The number of nitrogens with zero attached hydrogens (tertiary/aromatic N) is 1. The van der Waals surface area contributed by atoms with Gasteiger partial charge in [-0.15, -0.1) is 0 Å². The second-order valence-electron chi connectivity index (χ2n) is 6.99. The number of ketones is 1. The van der Waals surface area contributed by atoms with Crippen LogP contribution in [0.1, 0.15) is 83.2 Å². The third kappa shape index (κ3) is 6.88. The molecule has 2 rings (SSSR count). The van der Waals surface area contributed by atoms with Crippen molar-refractivity contribution in [3.8, 4) is 5.88 Å². The molecular formula is C24H28BrNO6. The first-order valence-electron chi connectivity index (χ1n) is 10.7. The Morgan fingerprint density at radius 3 is 2.12 bits per heavy atom. The molecule has 0 radical (unpaired) electrons. The van der Waals surface area contributed by atoms with Gasteiger partial charge >= 0.3 is 11.9 Å². The monoisotopic (exact) mass is 505 g/mol.